The lowest BCUT2D eigenvalue weighted by molar-refractivity contribution is -0.354. The molecule has 0 radical (unpaired) electrons. The molecule has 0 N–H and O–H groups in total. The summed E-state index contributed by atoms with van der Waals surface area (Å²) in [6.45, 7) is 0. The number of hydrogen-bond donors (Lipinski definition) is 0. The van der Waals surface area contributed by atoms with Gasteiger partial charge in [0.15, 0.2) is 0 Å². The van der Waals surface area contributed by atoms with Crippen molar-refractivity contribution in [2.75, 3.05) is 7.11 Å². The molecule has 5 nitrogen and oxygen atoms in total. The normalized spacial score (nSPS) is 19.1. The van der Waals surface area contributed by atoms with Crippen molar-refractivity contribution in [2.45, 2.75) is 4.90 Å². The number of methoxy groups -OCH3 is 1. The SMILES string of the molecule is COC([O-])=C1C=CC=CC1=NS(=O)(=O)c1ccccc1. The Kier molecular flexibility index (Phi) is 4.05. The van der Waals surface area contributed by atoms with E-state index < -0.39 is 16.0 Å². The van der Waals surface area contributed by atoms with Crippen molar-refractivity contribution in [3.8, 4) is 0 Å². The van der Waals surface area contributed by atoms with E-state index >= 15 is 0 Å². The predicted octanol–water partition coefficient (Wildman–Crippen LogP) is 1.16. The summed E-state index contributed by atoms with van der Waals surface area (Å²) in [6, 6.07) is 7.81. The molecule has 0 unspecified atom stereocenters. The molecule has 1 aliphatic rings. The van der Waals surface area contributed by atoms with Crippen LogP contribution in [0.25, 0.3) is 0 Å². The second kappa shape index (κ2) is 5.75. The molecule has 1 aromatic carbocycles. The van der Waals surface area contributed by atoms with Crippen LogP contribution in [0.3, 0.4) is 0 Å². The summed E-state index contributed by atoms with van der Waals surface area (Å²) in [7, 11) is -2.63. The van der Waals surface area contributed by atoms with Crippen molar-refractivity contribution in [2.24, 2.45) is 4.40 Å². The summed E-state index contributed by atoms with van der Waals surface area (Å²) in [5.74, 6) is -0.632. The molecular formula is C14H12NO4S-. The number of hydrogen-bond acceptors (Lipinski definition) is 4. The summed E-state index contributed by atoms with van der Waals surface area (Å²) >= 11 is 0. The van der Waals surface area contributed by atoms with Gasteiger partial charge in [0.05, 0.1) is 16.6 Å². The average Bonchev–Trinajstić information content (AvgIpc) is 2.47. The molecule has 0 heterocycles. The summed E-state index contributed by atoms with van der Waals surface area (Å²) in [5, 5.41) is 11.6. The van der Waals surface area contributed by atoms with E-state index in [2.05, 4.69) is 9.13 Å². The molecule has 0 aliphatic heterocycles. The Labute approximate surface area is 117 Å². The lowest BCUT2D eigenvalue weighted by Gasteiger charge is -2.15. The van der Waals surface area contributed by atoms with E-state index in [-0.39, 0.29) is 16.2 Å². The first-order chi connectivity index (χ1) is 9.54. The van der Waals surface area contributed by atoms with Gasteiger partial charge in [-0.1, -0.05) is 36.4 Å². The van der Waals surface area contributed by atoms with E-state index in [1.807, 2.05) is 0 Å². The summed E-state index contributed by atoms with van der Waals surface area (Å²) in [6.07, 6.45) is 6.13. The molecule has 0 saturated heterocycles. The van der Waals surface area contributed by atoms with Crippen LogP contribution in [-0.4, -0.2) is 21.2 Å². The Morgan fingerprint density at radius 3 is 2.45 bits per heavy atom. The summed E-state index contributed by atoms with van der Waals surface area (Å²) < 4.78 is 32.6. The number of sulfonamides is 1. The highest BCUT2D eigenvalue weighted by atomic mass is 32.2. The first-order valence-corrected chi connectivity index (χ1v) is 7.19. The zero-order valence-electron chi connectivity index (χ0n) is 10.7. The van der Waals surface area contributed by atoms with Crippen LogP contribution in [0.1, 0.15) is 0 Å². The molecule has 0 amide bonds. The summed E-state index contributed by atoms with van der Waals surface area (Å²) in [4.78, 5) is 0.0691. The van der Waals surface area contributed by atoms with Gasteiger partial charge in [0.1, 0.15) is 0 Å². The lowest BCUT2D eigenvalue weighted by Crippen LogP contribution is -2.15. The van der Waals surface area contributed by atoms with E-state index in [0.717, 1.165) is 0 Å². The zero-order chi connectivity index (χ0) is 14.6. The molecule has 1 aromatic rings. The third-order valence-corrected chi connectivity index (χ3v) is 3.87. The van der Waals surface area contributed by atoms with Crippen LogP contribution >= 0.6 is 0 Å². The fraction of sp³-hybridized carbons (Fsp3) is 0.0714. The largest absolute Gasteiger partial charge is 0.616 e. The van der Waals surface area contributed by atoms with Gasteiger partial charge in [0.25, 0.3) is 10.0 Å². The van der Waals surface area contributed by atoms with Gasteiger partial charge in [-0.25, -0.2) is 0 Å². The first kappa shape index (κ1) is 14.1. The number of nitrogens with zero attached hydrogens (tertiary/aromatic N) is 1. The van der Waals surface area contributed by atoms with E-state index in [1.165, 1.54) is 31.4 Å². The van der Waals surface area contributed by atoms with E-state index in [0.29, 0.717) is 0 Å². The maximum atomic E-state index is 12.1. The van der Waals surface area contributed by atoms with Crippen LogP contribution in [0, 0.1) is 0 Å². The van der Waals surface area contributed by atoms with E-state index in [9.17, 15) is 13.5 Å². The minimum atomic E-state index is -3.86. The van der Waals surface area contributed by atoms with Gasteiger partial charge in [0, 0.05) is 5.57 Å². The van der Waals surface area contributed by atoms with Gasteiger partial charge in [0.2, 0.25) is 0 Å². The Balaban J connectivity index is 2.49. The topological polar surface area (TPSA) is 78.8 Å². The van der Waals surface area contributed by atoms with Crippen molar-refractivity contribution in [1.29, 1.82) is 0 Å². The zero-order valence-corrected chi connectivity index (χ0v) is 11.5. The Bertz CT molecular complexity index is 713. The first-order valence-electron chi connectivity index (χ1n) is 5.75. The van der Waals surface area contributed by atoms with Crippen LogP contribution in [0.4, 0.5) is 0 Å². The van der Waals surface area contributed by atoms with E-state index in [1.54, 1.807) is 30.4 Å². The second-order valence-electron chi connectivity index (χ2n) is 3.89. The van der Waals surface area contributed by atoms with Gasteiger partial charge >= 0.3 is 0 Å². The van der Waals surface area contributed by atoms with Crippen molar-refractivity contribution >= 4 is 15.7 Å². The number of benzene rings is 1. The molecular weight excluding hydrogens is 278 g/mol. The Hall–Kier alpha value is -2.34. The predicted molar refractivity (Wildman–Crippen MR) is 73.4 cm³/mol. The van der Waals surface area contributed by atoms with Crippen molar-refractivity contribution < 1.29 is 18.3 Å². The van der Waals surface area contributed by atoms with Gasteiger partial charge in [-0.15, -0.1) is 0 Å². The third kappa shape index (κ3) is 2.97. The van der Waals surface area contributed by atoms with Gasteiger partial charge in [-0.05, 0) is 25.3 Å². The highest BCUT2D eigenvalue weighted by Gasteiger charge is 2.15. The second-order valence-corrected chi connectivity index (χ2v) is 5.49. The van der Waals surface area contributed by atoms with Crippen LogP contribution in [0.5, 0.6) is 0 Å². The Morgan fingerprint density at radius 2 is 1.80 bits per heavy atom. The fourth-order valence-corrected chi connectivity index (χ4v) is 2.64. The molecule has 0 saturated carbocycles. The molecule has 0 spiro atoms. The highest BCUT2D eigenvalue weighted by molar-refractivity contribution is 7.90. The minimum absolute atomic E-state index is 0.0585. The molecule has 104 valence electrons. The maximum Gasteiger partial charge on any atom is 0.282 e. The van der Waals surface area contributed by atoms with Crippen molar-refractivity contribution in [1.82, 2.24) is 0 Å². The summed E-state index contributed by atoms with van der Waals surface area (Å²) in [5.41, 5.74) is 0.165. The molecule has 1 aliphatic carbocycles. The minimum Gasteiger partial charge on any atom is -0.616 e. The third-order valence-electron chi connectivity index (χ3n) is 2.57. The molecule has 0 fully saturated rings. The maximum absolute atomic E-state index is 12.1. The van der Waals surface area contributed by atoms with Crippen molar-refractivity contribution in [3.63, 3.8) is 0 Å². The molecule has 0 bridgehead atoms. The molecule has 0 atom stereocenters. The average molecular weight is 290 g/mol. The molecule has 6 heteroatoms. The smallest absolute Gasteiger partial charge is 0.282 e. The van der Waals surface area contributed by atoms with Crippen LogP contribution in [0.2, 0.25) is 0 Å². The highest BCUT2D eigenvalue weighted by Crippen LogP contribution is 2.17. The van der Waals surface area contributed by atoms with Crippen LogP contribution in [-0.2, 0) is 14.8 Å². The fourth-order valence-electron chi connectivity index (χ4n) is 1.61. The van der Waals surface area contributed by atoms with Crippen molar-refractivity contribution in [3.05, 3.63) is 66.2 Å². The number of allylic oxidation sites excluding steroid dienone is 5. The quantitative estimate of drug-likeness (QED) is 0.782. The van der Waals surface area contributed by atoms with Gasteiger partial charge in [-0.3, -0.25) is 0 Å². The Morgan fingerprint density at radius 1 is 1.15 bits per heavy atom. The lowest BCUT2D eigenvalue weighted by atomic mass is 10.1. The molecule has 2 rings (SSSR count). The number of rotatable bonds is 3. The van der Waals surface area contributed by atoms with Gasteiger partial charge < -0.3 is 9.84 Å². The van der Waals surface area contributed by atoms with Crippen LogP contribution < -0.4 is 5.11 Å². The van der Waals surface area contributed by atoms with Gasteiger partial charge in [-0.2, -0.15) is 12.8 Å². The monoisotopic (exact) mass is 290 g/mol. The van der Waals surface area contributed by atoms with E-state index in [4.69, 9.17) is 0 Å². The standard InChI is InChI=1S/C14H13NO4S/c1-19-14(16)12-9-5-6-10-13(12)15-20(17,18)11-7-3-2-4-8-11/h2-10,16H,1H3/p-1. The number of ether oxygens (including phenoxy) is 1. The van der Waals surface area contributed by atoms with Crippen LogP contribution in [0.15, 0.2) is 75.4 Å². The molecule has 0 aromatic heterocycles. The molecule has 20 heavy (non-hydrogen) atoms.